The molecule has 1 aliphatic rings. The lowest BCUT2D eigenvalue weighted by Gasteiger charge is -2.27. The van der Waals surface area contributed by atoms with Crippen LogP contribution in [0.1, 0.15) is 5.69 Å². The minimum absolute atomic E-state index is 0.0518. The Morgan fingerprint density at radius 1 is 1.57 bits per heavy atom. The van der Waals surface area contributed by atoms with Crippen LogP contribution in [0.4, 0.5) is 5.82 Å². The molecule has 0 unspecified atom stereocenters. The molecule has 0 spiro atoms. The van der Waals surface area contributed by atoms with Crippen molar-refractivity contribution < 1.29 is 9.53 Å². The summed E-state index contributed by atoms with van der Waals surface area (Å²) in [6, 6.07) is 0. The topological polar surface area (TPSA) is 70.9 Å². The quantitative estimate of drug-likeness (QED) is 0.739. The Morgan fingerprint density at radius 2 is 2.48 bits per heavy atom. The molecular formula is C13H19N5O2S. The molecule has 0 atom stereocenters. The number of ether oxygens (including phenoxy) is 1. The molecule has 21 heavy (non-hydrogen) atoms. The number of rotatable bonds is 6. The molecular weight excluding hydrogens is 290 g/mol. The zero-order chi connectivity index (χ0) is 14.7. The van der Waals surface area contributed by atoms with Gasteiger partial charge in [-0.3, -0.25) is 9.20 Å². The third-order valence-corrected chi connectivity index (χ3v) is 4.21. The average Bonchev–Trinajstić information content (AvgIpc) is 3.05. The molecule has 114 valence electrons. The molecule has 0 aliphatic carbocycles. The van der Waals surface area contributed by atoms with Crippen LogP contribution in [-0.4, -0.2) is 55.2 Å². The van der Waals surface area contributed by atoms with Crippen LogP contribution in [-0.2, 0) is 16.1 Å². The maximum atomic E-state index is 11.6. The summed E-state index contributed by atoms with van der Waals surface area (Å²) >= 11 is 1.60. The molecule has 0 bridgehead atoms. The summed E-state index contributed by atoms with van der Waals surface area (Å²) in [5.41, 5.74) is 1.09. The van der Waals surface area contributed by atoms with Gasteiger partial charge in [0.1, 0.15) is 0 Å². The van der Waals surface area contributed by atoms with Gasteiger partial charge in [0.2, 0.25) is 5.91 Å². The number of nitrogens with one attached hydrogen (secondary N) is 2. The normalized spacial score (nSPS) is 15.7. The van der Waals surface area contributed by atoms with Crippen molar-refractivity contribution in [3.8, 4) is 0 Å². The molecule has 0 radical (unpaired) electrons. The number of methoxy groups -OCH3 is 1. The number of thiazole rings is 1. The molecule has 0 aromatic carbocycles. The van der Waals surface area contributed by atoms with E-state index in [0.29, 0.717) is 26.2 Å². The Labute approximate surface area is 126 Å². The number of piperazine rings is 1. The number of hydrogen-bond acceptors (Lipinski definition) is 6. The molecule has 8 heteroatoms. The number of nitrogens with zero attached hydrogens (tertiary/aromatic N) is 3. The molecule has 1 amide bonds. The fraction of sp³-hybridized carbons (Fsp3) is 0.538. The maximum Gasteiger partial charge on any atom is 0.239 e. The smallest absolute Gasteiger partial charge is 0.239 e. The summed E-state index contributed by atoms with van der Waals surface area (Å²) in [7, 11) is 1.69. The van der Waals surface area contributed by atoms with Gasteiger partial charge < -0.3 is 20.3 Å². The molecule has 1 fully saturated rings. The Morgan fingerprint density at radius 3 is 3.29 bits per heavy atom. The van der Waals surface area contributed by atoms with Gasteiger partial charge >= 0.3 is 0 Å². The lowest BCUT2D eigenvalue weighted by Crippen LogP contribution is -2.48. The summed E-state index contributed by atoms with van der Waals surface area (Å²) in [6.07, 6.45) is 2.02. The number of carbonyl (C=O) groups is 1. The van der Waals surface area contributed by atoms with Crippen molar-refractivity contribution in [1.29, 1.82) is 0 Å². The highest BCUT2D eigenvalue weighted by Gasteiger charge is 2.23. The van der Waals surface area contributed by atoms with Crippen molar-refractivity contribution in [2.75, 3.05) is 44.8 Å². The van der Waals surface area contributed by atoms with Gasteiger partial charge in [-0.2, -0.15) is 0 Å². The van der Waals surface area contributed by atoms with Gasteiger partial charge in [0.05, 0.1) is 18.8 Å². The number of anilines is 1. The van der Waals surface area contributed by atoms with E-state index in [-0.39, 0.29) is 5.91 Å². The Bertz CT molecular complexity index is 623. The second-order valence-corrected chi connectivity index (χ2v) is 5.75. The summed E-state index contributed by atoms with van der Waals surface area (Å²) < 4.78 is 7.14. The zero-order valence-corrected chi connectivity index (χ0v) is 12.8. The Kier molecular flexibility index (Phi) is 4.37. The second-order valence-electron chi connectivity index (χ2n) is 4.88. The highest BCUT2D eigenvalue weighted by atomic mass is 32.1. The van der Waals surface area contributed by atoms with Gasteiger partial charge in [-0.25, -0.2) is 4.98 Å². The number of aromatic nitrogens is 2. The van der Waals surface area contributed by atoms with Gasteiger partial charge in [-0.15, -0.1) is 11.3 Å². The van der Waals surface area contributed by atoms with Crippen molar-refractivity contribution in [3.05, 3.63) is 17.3 Å². The molecule has 1 saturated heterocycles. The number of fused-ring (bicyclic) bond motifs is 1. The molecule has 2 aromatic heterocycles. The molecule has 2 N–H and O–H groups in total. The SMILES string of the molecule is COCCNCc1c(N2CCNC(=O)C2)nc2sccn12. The van der Waals surface area contributed by atoms with E-state index in [1.807, 2.05) is 16.5 Å². The first kappa shape index (κ1) is 14.3. The van der Waals surface area contributed by atoms with Crippen LogP contribution in [0.5, 0.6) is 0 Å². The second kappa shape index (κ2) is 6.42. The summed E-state index contributed by atoms with van der Waals surface area (Å²) in [5.74, 6) is 0.956. The third-order valence-electron chi connectivity index (χ3n) is 3.45. The largest absolute Gasteiger partial charge is 0.383 e. The van der Waals surface area contributed by atoms with Crippen LogP contribution in [0.25, 0.3) is 4.96 Å². The minimum Gasteiger partial charge on any atom is -0.383 e. The molecule has 1 aliphatic heterocycles. The van der Waals surface area contributed by atoms with Crippen molar-refractivity contribution in [3.63, 3.8) is 0 Å². The highest BCUT2D eigenvalue weighted by Crippen LogP contribution is 2.25. The Hall–Kier alpha value is -1.64. The van der Waals surface area contributed by atoms with E-state index in [9.17, 15) is 4.79 Å². The van der Waals surface area contributed by atoms with Crippen LogP contribution in [0.3, 0.4) is 0 Å². The van der Waals surface area contributed by atoms with Crippen LogP contribution < -0.4 is 15.5 Å². The number of amides is 1. The molecule has 7 nitrogen and oxygen atoms in total. The standard InChI is InChI=1S/C13H19N5O2S/c1-20-6-3-14-8-10-12(16-13-18(10)5-7-21-13)17-4-2-15-11(19)9-17/h5,7,14H,2-4,6,8-9H2,1H3,(H,15,19). The van der Waals surface area contributed by atoms with Gasteiger partial charge in [0.25, 0.3) is 0 Å². The van der Waals surface area contributed by atoms with E-state index in [1.54, 1.807) is 18.4 Å². The average molecular weight is 309 g/mol. The fourth-order valence-electron chi connectivity index (χ4n) is 2.44. The van der Waals surface area contributed by atoms with Crippen molar-refractivity contribution >= 4 is 28.0 Å². The lowest BCUT2D eigenvalue weighted by atomic mass is 10.3. The minimum atomic E-state index is 0.0518. The van der Waals surface area contributed by atoms with E-state index in [4.69, 9.17) is 4.74 Å². The zero-order valence-electron chi connectivity index (χ0n) is 12.0. The summed E-state index contributed by atoms with van der Waals surface area (Å²) in [4.78, 5) is 19.3. The maximum absolute atomic E-state index is 11.6. The van der Waals surface area contributed by atoms with E-state index >= 15 is 0 Å². The summed E-state index contributed by atoms with van der Waals surface area (Å²) in [5, 5.41) is 8.22. The third kappa shape index (κ3) is 3.02. The van der Waals surface area contributed by atoms with Crippen LogP contribution in [0.15, 0.2) is 11.6 Å². The van der Waals surface area contributed by atoms with Gasteiger partial charge in [-0.1, -0.05) is 0 Å². The van der Waals surface area contributed by atoms with Crippen molar-refractivity contribution in [2.45, 2.75) is 6.54 Å². The van der Waals surface area contributed by atoms with Crippen molar-refractivity contribution in [1.82, 2.24) is 20.0 Å². The highest BCUT2D eigenvalue weighted by molar-refractivity contribution is 7.15. The first-order chi connectivity index (χ1) is 10.3. The Balaban J connectivity index is 1.82. The van der Waals surface area contributed by atoms with E-state index < -0.39 is 0 Å². The van der Waals surface area contributed by atoms with Crippen LogP contribution in [0.2, 0.25) is 0 Å². The van der Waals surface area contributed by atoms with E-state index in [1.165, 1.54) is 0 Å². The monoisotopic (exact) mass is 309 g/mol. The van der Waals surface area contributed by atoms with Gasteiger partial charge in [0, 0.05) is 44.9 Å². The van der Waals surface area contributed by atoms with E-state index in [2.05, 4.69) is 20.0 Å². The fourth-order valence-corrected chi connectivity index (χ4v) is 3.17. The number of carbonyl (C=O) groups excluding carboxylic acids is 1. The predicted octanol–water partition coefficient (Wildman–Crippen LogP) is 0.0680. The van der Waals surface area contributed by atoms with Gasteiger partial charge in [0.15, 0.2) is 10.8 Å². The molecule has 0 saturated carbocycles. The summed E-state index contributed by atoms with van der Waals surface area (Å²) in [6.45, 7) is 3.99. The van der Waals surface area contributed by atoms with Crippen molar-refractivity contribution in [2.24, 2.45) is 0 Å². The number of hydrogen-bond donors (Lipinski definition) is 2. The molecule has 3 rings (SSSR count). The first-order valence-corrected chi connectivity index (χ1v) is 7.83. The molecule has 2 aromatic rings. The molecule has 3 heterocycles. The van der Waals surface area contributed by atoms with E-state index in [0.717, 1.165) is 29.6 Å². The first-order valence-electron chi connectivity index (χ1n) is 6.95. The number of imidazole rings is 1. The van der Waals surface area contributed by atoms with Crippen LogP contribution >= 0.6 is 11.3 Å². The van der Waals surface area contributed by atoms with Crippen LogP contribution in [0, 0.1) is 0 Å². The van der Waals surface area contributed by atoms with Gasteiger partial charge in [-0.05, 0) is 0 Å². The predicted molar refractivity (Wildman–Crippen MR) is 81.9 cm³/mol. The lowest BCUT2D eigenvalue weighted by molar-refractivity contribution is -0.120.